The van der Waals surface area contributed by atoms with Crippen LogP contribution in [0.15, 0.2) is 53.0 Å². The van der Waals surface area contributed by atoms with Crippen molar-refractivity contribution < 1.29 is 28.9 Å². The van der Waals surface area contributed by atoms with Gasteiger partial charge < -0.3 is 9.47 Å². The Kier molecular flexibility index (Phi) is 7.62. The second-order valence-electron chi connectivity index (χ2n) is 7.53. The summed E-state index contributed by atoms with van der Waals surface area (Å²) in [6, 6.07) is 8.97. The highest BCUT2D eigenvalue weighted by molar-refractivity contribution is 9.10. The number of nitro benzene ring substituents is 1. The lowest BCUT2D eigenvalue weighted by molar-refractivity contribution is -0.527. The van der Waals surface area contributed by atoms with Gasteiger partial charge in [0, 0.05) is 21.5 Å². The number of hydrogen-bond acceptors (Lipinski definition) is 9. The van der Waals surface area contributed by atoms with Gasteiger partial charge in [0.2, 0.25) is 11.6 Å². The number of nitro groups is 2. The Morgan fingerprint density at radius 2 is 1.59 bits per heavy atom. The van der Waals surface area contributed by atoms with Crippen molar-refractivity contribution in [3.63, 3.8) is 0 Å². The molecule has 3 rings (SSSR count). The first-order valence-corrected chi connectivity index (χ1v) is 11.2. The first-order chi connectivity index (χ1) is 16.2. The summed E-state index contributed by atoms with van der Waals surface area (Å²) in [5.74, 6) is -3.32. The van der Waals surface area contributed by atoms with Gasteiger partial charge in [-0.15, -0.1) is 0 Å². The molecule has 0 aromatic heterocycles. The maximum atomic E-state index is 13.3. The molecule has 12 heteroatoms. The summed E-state index contributed by atoms with van der Waals surface area (Å²) in [4.78, 5) is 49.0. The maximum absolute atomic E-state index is 13.3. The predicted molar refractivity (Wildman–Crippen MR) is 123 cm³/mol. The highest BCUT2D eigenvalue weighted by Gasteiger charge is 2.69. The second kappa shape index (κ2) is 10.3. The average Bonchev–Trinajstić information content (AvgIpc) is 3.17. The molecule has 1 heterocycles. The monoisotopic (exact) mass is 535 g/mol. The minimum Gasteiger partial charge on any atom is -0.464 e. The molecular formula is C22H22BrN3O8. The molecule has 2 aromatic carbocycles. The molecule has 180 valence electrons. The molecule has 0 spiro atoms. The fraction of sp³-hybridized carbons (Fsp3) is 0.364. The number of nitrogens with zero attached hydrogens (tertiary/aromatic N) is 2. The first kappa shape index (κ1) is 25.2. The molecule has 1 saturated heterocycles. The molecule has 1 aliphatic rings. The van der Waals surface area contributed by atoms with Crippen LogP contribution in [0.3, 0.4) is 0 Å². The van der Waals surface area contributed by atoms with E-state index in [4.69, 9.17) is 9.47 Å². The van der Waals surface area contributed by atoms with Crippen LogP contribution in [-0.2, 0) is 19.1 Å². The zero-order chi connectivity index (χ0) is 25.0. The molecule has 0 unspecified atom stereocenters. The van der Waals surface area contributed by atoms with Gasteiger partial charge in [-0.05, 0) is 37.1 Å². The van der Waals surface area contributed by atoms with Gasteiger partial charge in [-0.1, -0.05) is 40.2 Å². The van der Waals surface area contributed by atoms with E-state index in [-0.39, 0.29) is 18.9 Å². The summed E-state index contributed by atoms with van der Waals surface area (Å²) in [6.07, 6.45) is 0. The summed E-state index contributed by atoms with van der Waals surface area (Å²) < 4.78 is 11.0. The lowest BCUT2D eigenvalue weighted by atomic mass is 9.77. The minimum atomic E-state index is -2.23. The Balaban J connectivity index is 2.27. The number of nitrogens with one attached hydrogen (secondary N) is 1. The molecule has 1 N–H and O–H groups in total. The molecule has 2 aromatic rings. The van der Waals surface area contributed by atoms with Gasteiger partial charge in [0.15, 0.2) is 0 Å². The summed E-state index contributed by atoms with van der Waals surface area (Å²) in [5, 5.41) is 26.3. The SMILES string of the molecule is CCOC(=O)C1(C(=O)OCC)N[C@H](c2ccc([N+](=O)[O-])cc2)[C@H]([N+](=O)[O-])[C@H]1c1cccc(Br)c1. The fourth-order valence-electron chi connectivity index (χ4n) is 4.29. The van der Waals surface area contributed by atoms with Crippen LogP contribution in [0.25, 0.3) is 0 Å². The topological polar surface area (TPSA) is 151 Å². The smallest absolute Gasteiger partial charge is 0.339 e. The number of rotatable bonds is 8. The van der Waals surface area contributed by atoms with Gasteiger partial charge >= 0.3 is 11.9 Å². The largest absolute Gasteiger partial charge is 0.464 e. The van der Waals surface area contributed by atoms with Crippen molar-refractivity contribution in [1.29, 1.82) is 0 Å². The molecule has 0 bridgehead atoms. The van der Waals surface area contributed by atoms with E-state index in [2.05, 4.69) is 21.2 Å². The molecular weight excluding hydrogens is 514 g/mol. The molecule has 0 aliphatic carbocycles. The first-order valence-electron chi connectivity index (χ1n) is 10.4. The molecule has 0 radical (unpaired) electrons. The molecule has 1 aliphatic heterocycles. The van der Waals surface area contributed by atoms with Crippen LogP contribution in [0, 0.1) is 20.2 Å². The summed E-state index contributed by atoms with van der Waals surface area (Å²) in [5.41, 5.74) is -1.79. The lowest BCUT2D eigenvalue weighted by Crippen LogP contribution is -2.60. The predicted octanol–water partition coefficient (Wildman–Crippen LogP) is 3.30. The van der Waals surface area contributed by atoms with E-state index in [1.165, 1.54) is 24.3 Å². The van der Waals surface area contributed by atoms with Gasteiger partial charge in [0.1, 0.15) is 6.04 Å². The van der Waals surface area contributed by atoms with Gasteiger partial charge in [0.25, 0.3) is 5.69 Å². The van der Waals surface area contributed by atoms with Gasteiger partial charge in [0.05, 0.1) is 24.1 Å². The zero-order valence-corrected chi connectivity index (χ0v) is 19.9. The quantitative estimate of drug-likeness (QED) is 0.232. The van der Waals surface area contributed by atoms with Crippen molar-refractivity contribution in [3.8, 4) is 0 Å². The van der Waals surface area contributed by atoms with Gasteiger partial charge in [-0.2, -0.15) is 0 Å². The number of carbonyl (C=O) groups is 2. The van der Waals surface area contributed by atoms with Crippen LogP contribution in [0.1, 0.15) is 36.9 Å². The normalized spacial score (nSPS) is 21.0. The van der Waals surface area contributed by atoms with E-state index >= 15 is 0 Å². The maximum Gasteiger partial charge on any atom is 0.339 e. The van der Waals surface area contributed by atoms with E-state index in [0.29, 0.717) is 15.6 Å². The lowest BCUT2D eigenvalue weighted by Gasteiger charge is -2.30. The van der Waals surface area contributed by atoms with Crippen molar-refractivity contribution in [2.75, 3.05) is 13.2 Å². The number of esters is 2. The van der Waals surface area contributed by atoms with Crippen LogP contribution >= 0.6 is 15.9 Å². The molecule has 1 fully saturated rings. The Morgan fingerprint density at radius 3 is 2.06 bits per heavy atom. The number of hydrogen-bond donors (Lipinski definition) is 1. The number of ether oxygens (including phenoxy) is 2. The van der Waals surface area contributed by atoms with Gasteiger partial charge in [-0.25, -0.2) is 9.59 Å². The van der Waals surface area contributed by atoms with Crippen LogP contribution in [0.4, 0.5) is 5.69 Å². The van der Waals surface area contributed by atoms with Crippen molar-refractivity contribution in [1.82, 2.24) is 5.32 Å². The van der Waals surface area contributed by atoms with Crippen molar-refractivity contribution >= 4 is 33.6 Å². The van der Waals surface area contributed by atoms with E-state index < -0.39 is 45.3 Å². The van der Waals surface area contributed by atoms with E-state index in [9.17, 15) is 29.8 Å². The van der Waals surface area contributed by atoms with Gasteiger partial charge in [-0.3, -0.25) is 25.5 Å². The van der Waals surface area contributed by atoms with Crippen LogP contribution in [0.5, 0.6) is 0 Å². The number of halogens is 1. The summed E-state index contributed by atoms with van der Waals surface area (Å²) in [7, 11) is 0. The second-order valence-corrected chi connectivity index (χ2v) is 8.44. The fourth-order valence-corrected chi connectivity index (χ4v) is 4.71. The highest BCUT2D eigenvalue weighted by Crippen LogP contribution is 2.47. The number of carbonyl (C=O) groups excluding carboxylic acids is 2. The van der Waals surface area contributed by atoms with Crippen molar-refractivity contribution in [2.24, 2.45) is 0 Å². The summed E-state index contributed by atoms with van der Waals surface area (Å²) in [6.45, 7) is 2.97. The Hall–Kier alpha value is -3.38. The highest BCUT2D eigenvalue weighted by atomic mass is 79.9. The standard InChI is InChI=1S/C22H22BrN3O8/c1-3-33-20(27)22(21(28)34-4-2)17(14-6-5-7-15(23)12-14)19(26(31)32)18(24-22)13-8-10-16(11-9-13)25(29)30/h5-12,17-19,24H,3-4H2,1-2H3/t17-,18-,19-/m1/s1. The van der Waals surface area contributed by atoms with Crippen molar-refractivity contribution in [2.45, 2.75) is 37.4 Å². The summed E-state index contributed by atoms with van der Waals surface area (Å²) >= 11 is 3.33. The Morgan fingerprint density at radius 1 is 1.00 bits per heavy atom. The zero-order valence-electron chi connectivity index (χ0n) is 18.3. The number of non-ortho nitro benzene ring substituents is 1. The molecule has 0 amide bonds. The average molecular weight is 536 g/mol. The van der Waals surface area contributed by atoms with Crippen LogP contribution in [0.2, 0.25) is 0 Å². The number of benzene rings is 2. The third-order valence-corrected chi connectivity index (χ3v) is 6.14. The molecule has 34 heavy (non-hydrogen) atoms. The minimum absolute atomic E-state index is 0.0712. The van der Waals surface area contributed by atoms with E-state index in [1.54, 1.807) is 38.1 Å². The molecule has 3 atom stereocenters. The third kappa shape index (κ3) is 4.50. The van der Waals surface area contributed by atoms with Crippen LogP contribution < -0.4 is 5.32 Å². The van der Waals surface area contributed by atoms with E-state index in [0.717, 1.165) is 0 Å². The molecule has 0 saturated carbocycles. The van der Waals surface area contributed by atoms with E-state index in [1.807, 2.05) is 0 Å². The van der Waals surface area contributed by atoms with Crippen LogP contribution in [-0.4, -0.2) is 46.6 Å². The molecule has 11 nitrogen and oxygen atoms in total. The Labute approximate surface area is 202 Å². The third-order valence-electron chi connectivity index (χ3n) is 5.64. The Bertz CT molecular complexity index is 1090. The van der Waals surface area contributed by atoms with Crippen molar-refractivity contribution in [3.05, 3.63) is 84.4 Å².